The maximum absolute atomic E-state index is 3.78. The van der Waals surface area contributed by atoms with Crippen molar-refractivity contribution in [3.05, 3.63) is 17.2 Å². The monoisotopic (exact) mass is 126 g/mol. The number of aromatic nitrogens is 2. The molecular weight excluding hydrogens is 120 g/mol. The summed E-state index contributed by atoms with van der Waals surface area (Å²) in [5, 5.41) is 3.78. The molecule has 1 heterocycles. The van der Waals surface area contributed by atoms with Gasteiger partial charge in [0.1, 0.15) is 5.69 Å². The Labute approximate surface area is 52.0 Å². The molecule has 1 aromatic heterocycles. The lowest BCUT2D eigenvalue weighted by molar-refractivity contribution is 1.13. The fourth-order valence-corrected chi connectivity index (χ4v) is 0.896. The molecule has 1 aromatic rings. The van der Waals surface area contributed by atoms with E-state index in [0.717, 1.165) is 10.6 Å². The fourth-order valence-electron chi connectivity index (χ4n) is 0.427. The van der Waals surface area contributed by atoms with Crippen LogP contribution in [0.3, 0.4) is 0 Å². The summed E-state index contributed by atoms with van der Waals surface area (Å²) in [5.74, 6) is 0. The Morgan fingerprint density at radius 1 is 1.75 bits per heavy atom. The molecule has 0 aromatic carbocycles. The molecule has 3 heteroatoms. The zero-order valence-corrected chi connectivity index (χ0v) is 5.40. The molecule has 0 fully saturated rings. The first-order valence-electron chi connectivity index (χ1n) is 2.26. The van der Waals surface area contributed by atoms with Gasteiger partial charge in [-0.3, -0.25) is 0 Å². The largest absolute Gasteiger partial charge is 0.138 e. The Balaban J connectivity index is 3.09. The predicted octanol–water partition coefficient (Wildman–Crippen LogP) is 1.49. The molecule has 0 radical (unpaired) electrons. The van der Waals surface area contributed by atoms with Gasteiger partial charge in [0, 0.05) is 4.88 Å². The van der Waals surface area contributed by atoms with Crippen LogP contribution in [0.5, 0.6) is 0 Å². The molecular formula is C5H6N2S. The number of nitrogens with zero attached hydrogens (tertiary/aromatic N) is 2. The Morgan fingerprint density at radius 2 is 2.50 bits per heavy atom. The van der Waals surface area contributed by atoms with Crippen molar-refractivity contribution in [1.82, 2.24) is 9.59 Å². The standard InChI is InChI=1S/C5H6N2S/c1-3-5-4(2)8-7-6-5/h3H,1H2,2H3. The highest BCUT2D eigenvalue weighted by atomic mass is 32.1. The Hall–Kier alpha value is -0.700. The molecule has 0 atom stereocenters. The summed E-state index contributed by atoms with van der Waals surface area (Å²) in [5.41, 5.74) is 0.898. The minimum absolute atomic E-state index is 0.898. The molecule has 42 valence electrons. The van der Waals surface area contributed by atoms with Gasteiger partial charge < -0.3 is 0 Å². The van der Waals surface area contributed by atoms with E-state index in [1.54, 1.807) is 6.08 Å². The van der Waals surface area contributed by atoms with Gasteiger partial charge in [-0.15, -0.1) is 5.10 Å². The maximum Gasteiger partial charge on any atom is 0.100 e. The van der Waals surface area contributed by atoms with Crippen LogP contribution in [0.15, 0.2) is 6.58 Å². The molecule has 2 nitrogen and oxygen atoms in total. The van der Waals surface area contributed by atoms with Crippen molar-refractivity contribution in [2.24, 2.45) is 0 Å². The Morgan fingerprint density at radius 3 is 2.75 bits per heavy atom. The Bertz CT molecular complexity index is 192. The van der Waals surface area contributed by atoms with Crippen molar-refractivity contribution in [1.29, 1.82) is 0 Å². The van der Waals surface area contributed by atoms with Gasteiger partial charge in [0.15, 0.2) is 0 Å². The van der Waals surface area contributed by atoms with Crippen LogP contribution in [-0.2, 0) is 0 Å². The topological polar surface area (TPSA) is 25.8 Å². The average molecular weight is 126 g/mol. The van der Waals surface area contributed by atoms with Crippen molar-refractivity contribution in [2.75, 3.05) is 0 Å². The summed E-state index contributed by atoms with van der Waals surface area (Å²) in [6.45, 7) is 5.54. The SMILES string of the molecule is C=Cc1nnsc1C. The quantitative estimate of drug-likeness (QED) is 0.569. The van der Waals surface area contributed by atoms with E-state index in [2.05, 4.69) is 16.2 Å². The van der Waals surface area contributed by atoms with E-state index in [4.69, 9.17) is 0 Å². The van der Waals surface area contributed by atoms with Crippen LogP contribution in [0.1, 0.15) is 10.6 Å². The van der Waals surface area contributed by atoms with Gasteiger partial charge in [-0.1, -0.05) is 11.1 Å². The first kappa shape index (κ1) is 5.44. The summed E-state index contributed by atoms with van der Waals surface area (Å²) >= 11 is 1.40. The molecule has 0 amide bonds. The predicted molar refractivity (Wildman–Crippen MR) is 34.7 cm³/mol. The minimum atomic E-state index is 0.898. The highest BCUT2D eigenvalue weighted by Gasteiger charge is 1.94. The molecule has 0 saturated heterocycles. The molecule has 0 N–H and O–H groups in total. The van der Waals surface area contributed by atoms with Crippen LogP contribution in [0.25, 0.3) is 6.08 Å². The maximum atomic E-state index is 3.78. The van der Waals surface area contributed by atoms with Gasteiger partial charge >= 0.3 is 0 Å². The van der Waals surface area contributed by atoms with Crippen LogP contribution in [-0.4, -0.2) is 9.59 Å². The molecule has 0 bridgehead atoms. The molecule has 0 aliphatic rings. The lowest BCUT2D eigenvalue weighted by Crippen LogP contribution is -1.71. The molecule has 0 unspecified atom stereocenters. The summed E-state index contributed by atoms with van der Waals surface area (Å²) < 4.78 is 3.71. The number of rotatable bonds is 1. The molecule has 1 rings (SSSR count). The van der Waals surface area contributed by atoms with Crippen LogP contribution in [0.2, 0.25) is 0 Å². The fraction of sp³-hybridized carbons (Fsp3) is 0.200. The second kappa shape index (κ2) is 2.05. The molecule has 0 spiro atoms. The van der Waals surface area contributed by atoms with Crippen LogP contribution in [0, 0.1) is 6.92 Å². The highest BCUT2D eigenvalue weighted by molar-refractivity contribution is 7.05. The van der Waals surface area contributed by atoms with Crippen LogP contribution >= 0.6 is 11.5 Å². The number of hydrogen-bond donors (Lipinski definition) is 0. The first-order chi connectivity index (χ1) is 3.84. The zero-order valence-electron chi connectivity index (χ0n) is 4.59. The van der Waals surface area contributed by atoms with E-state index in [1.165, 1.54) is 11.5 Å². The number of hydrogen-bond acceptors (Lipinski definition) is 3. The Kier molecular flexibility index (Phi) is 1.39. The van der Waals surface area contributed by atoms with E-state index >= 15 is 0 Å². The van der Waals surface area contributed by atoms with Crippen LogP contribution in [0.4, 0.5) is 0 Å². The highest BCUT2D eigenvalue weighted by Crippen LogP contribution is 2.07. The zero-order chi connectivity index (χ0) is 5.98. The van der Waals surface area contributed by atoms with Crippen LogP contribution < -0.4 is 0 Å². The van der Waals surface area contributed by atoms with Gasteiger partial charge in [0.2, 0.25) is 0 Å². The van der Waals surface area contributed by atoms with Gasteiger partial charge in [0.25, 0.3) is 0 Å². The van der Waals surface area contributed by atoms with Crippen molar-refractivity contribution >= 4 is 17.6 Å². The minimum Gasteiger partial charge on any atom is -0.138 e. The van der Waals surface area contributed by atoms with Gasteiger partial charge in [-0.25, -0.2) is 0 Å². The molecule has 0 aliphatic heterocycles. The van der Waals surface area contributed by atoms with E-state index in [0.29, 0.717) is 0 Å². The van der Waals surface area contributed by atoms with Crippen molar-refractivity contribution in [3.8, 4) is 0 Å². The molecule has 0 aliphatic carbocycles. The summed E-state index contributed by atoms with van der Waals surface area (Å²) in [7, 11) is 0. The van der Waals surface area contributed by atoms with Gasteiger partial charge in [0.05, 0.1) is 0 Å². The smallest absolute Gasteiger partial charge is 0.100 e. The van der Waals surface area contributed by atoms with E-state index < -0.39 is 0 Å². The summed E-state index contributed by atoms with van der Waals surface area (Å²) in [6.07, 6.45) is 1.71. The van der Waals surface area contributed by atoms with Crippen molar-refractivity contribution in [2.45, 2.75) is 6.92 Å². The van der Waals surface area contributed by atoms with Crippen molar-refractivity contribution in [3.63, 3.8) is 0 Å². The van der Waals surface area contributed by atoms with Crippen molar-refractivity contribution < 1.29 is 0 Å². The lowest BCUT2D eigenvalue weighted by Gasteiger charge is -1.77. The summed E-state index contributed by atoms with van der Waals surface area (Å²) in [4.78, 5) is 1.13. The van der Waals surface area contributed by atoms with E-state index in [9.17, 15) is 0 Å². The third-order valence-corrected chi connectivity index (χ3v) is 1.53. The summed E-state index contributed by atoms with van der Waals surface area (Å²) in [6, 6.07) is 0. The molecule has 0 saturated carbocycles. The second-order valence-electron chi connectivity index (χ2n) is 1.42. The van der Waals surface area contributed by atoms with Gasteiger partial charge in [-0.2, -0.15) is 0 Å². The average Bonchev–Trinajstić information content (AvgIpc) is 2.14. The number of aryl methyl sites for hydroxylation is 1. The van der Waals surface area contributed by atoms with E-state index in [-0.39, 0.29) is 0 Å². The lowest BCUT2D eigenvalue weighted by atomic mass is 10.4. The van der Waals surface area contributed by atoms with E-state index in [1.807, 2.05) is 6.92 Å². The third kappa shape index (κ3) is 0.767. The molecule has 8 heavy (non-hydrogen) atoms. The first-order valence-corrected chi connectivity index (χ1v) is 3.03. The third-order valence-electron chi connectivity index (χ3n) is 0.880. The second-order valence-corrected chi connectivity index (χ2v) is 2.38. The van der Waals surface area contributed by atoms with Gasteiger partial charge in [-0.05, 0) is 24.5 Å². The normalized spacial score (nSPS) is 9.12.